The third-order valence-corrected chi connectivity index (χ3v) is 9.22. The van der Waals surface area contributed by atoms with Crippen LogP contribution in [0.5, 0.6) is 0 Å². The van der Waals surface area contributed by atoms with E-state index in [2.05, 4.69) is 151 Å². The fourth-order valence-corrected chi connectivity index (χ4v) is 7.09. The molecule has 0 fully saturated rings. The van der Waals surface area contributed by atoms with Crippen LogP contribution in [0, 0.1) is 0 Å². The lowest BCUT2D eigenvalue weighted by molar-refractivity contribution is 0.668. The quantitative estimate of drug-likeness (QED) is 0.191. The number of hydrogen-bond acceptors (Lipinski definition) is 2. The SMILES string of the molecule is C=C1/C=C\C(c2cccc3c2oc2ccccc23)=C/Cc2ccccc2N1c1cc2c3ccccc3ccc2c2ccccc12. The largest absolute Gasteiger partial charge is 0.455 e. The van der Waals surface area contributed by atoms with E-state index in [1.165, 1.54) is 37.9 Å². The van der Waals surface area contributed by atoms with E-state index in [4.69, 9.17) is 4.42 Å². The molecule has 2 heteroatoms. The first-order valence-corrected chi connectivity index (χ1v) is 15.4. The van der Waals surface area contributed by atoms with E-state index in [9.17, 15) is 0 Å². The highest BCUT2D eigenvalue weighted by atomic mass is 16.3. The molecule has 2 nitrogen and oxygen atoms in total. The van der Waals surface area contributed by atoms with E-state index in [0.717, 1.165) is 56.6 Å². The van der Waals surface area contributed by atoms with Crippen LogP contribution < -0.4 is 4.90 Å². The standard InChI is InChI=1S/C43H29NO/c1-28-21-22-30(33-17-10-18-38-37-16-7-9-20-42(37)45-43(33)38)23-24-31-12-3-8-19-40(31)44(28)41-27-39-32-13-4-2-11-29(32)25-26-35(39)34-14-5-6-15-36(34)41/h2-23,25-27H,1,24H2/b22-21-,30-23+. The van der Waals surface area contributed by atoms with Crippen molar-refractivity contribution in [1.82, 2.24) is 0 Å². The van der Waals surface area contributed by atoms with Gasteiger partial charge in [0.1, 0.15) is 11.2 Å². The molecule has 0 radical (unpaired) electrons. The fourth-order valence-electron chi connectivity index (χ4n) is 7.09. The number of rotatable bonds is 2. The molecule has 0 saturated heterocycles. The second-order valence-electron chi connectivity index (χ2n) is 11.8. The second-order valence-corrected chi connectivity index (χ2v) is 11.8. The van der Waals surface area contributed by atoms with E-state index in [-0.39, 0.29) is 0 Å². The Bertz CT molecular complexity index is 2540. The molecule has 45 heavy (non-hydrogen) atoms. The average molecular weight is 576 g/mol. The molecule has 0 saturated carbocycles. The van der Waals surface area contributed by atoms with Gasteiger partial charge in [0.25, 0.3) is 0 Å². The van der Waals surface area contributed by atoms with E-state index in [1.807, 2.05) is 12.1 Å². The summed E-state index contributed by atoms with van der Waals surface area (Å²) in [5.74, 6) is 0. The molecule has 0 bridgehead atoms. The van der Waals surface area contributed by atoms with Crippen molar-refractivity contribution in [1.29, 1.82) is 0 Å². The maximum atomic E-state index is 6.44. The van der Waals surface area contributed by atoms with Gasteiger partial charge in [0.2, 0.25) is 0 Å². The molecule has 2 heterocycles. The van der Waals surface area contributed by atoms with Crippen molar-refractivity contribution in [2.45, 2.75) is 6.42 Å². The zero-order valence-corrected chi connectivity index (χ0v) is 24.7. The smallest absolute Gasteiger partial charge is 0.143 e. The van der Waals surface area contributed by atoms with Gasteiger partial charge in [-0.15, -0.1) is 0 Å². The summed E-state index contributed by atoms with van der Waals surface area (Å²) in [5, 5.41) is 9.70. The summed E-state index contributed by atoms with van der Waals surface area (Å²) in [7, 11) is 0. The minimum atomic E-state index is 0.769. The highest BCUT2D eigenvalue weighted by molar-refractivity contribution is 6.21. The zero-order valence-electron chi connectivity index (χ0n) is 24.7. The zero-order chi connectivity index (χ0) is 29.9. The molecule has 1 aliphatic heterocycles. The topological polar surface area (TPSA) is 16.4 Å². The first-order chi connectivity index (χ1) is 22.2. The summed E-state index contributed by atoms with van der Waals surface area (Å²) < 4.78 is 6.44. The first kappa shape index (κ1) is 25.6. The van der Waals surface area contributed by atoms with Crippen molar-refractivity contribution in [2.75, 3.05) is 4.90 Å². The van der Waals surface area contributed by atoms with E-state index >= 15 is 0 Å². The van der Waals surface area contributed by atoms with Crippen LogP contribution in [0.15, 0.2) is 168 Å². The van der Waals surface area contributed by atoms with Crippen LogP contribution in [0.4, 0.5) is 11.4 Å². The van der Waals surface area contributed by atoms with Gasteiger partial charge >= 0.3 is 0 Å². The van der Waals surface area contributed by atoms with Crippen LogP contribution in [-0.4, -0.2) is 0 Å². The minimum absolute atomic E-state index is 0.769. The van der Waals surface area contributed by atoms with Crippen LogP contribution in [0.3, 0.4) is 0 Å². The van der Waals surface area contributed by atoms with Crippen molar-refractivity contribution in [2.24, 2.45) is 0 Å². The van der Waals surface area contributed by atoms with Crippen molar-refractivity contribution in [3.8, 4) is 0 Å². The minimum Gasteiger partial charge on any atom is -0.455 e. The number of benzene rings is 7. The summed E-state index contributed by atoms with van der Waals surface area (Å²) in [6, 6.07) is 47.7. The lowest BCUT2D eigenvalue weighted by Gasteiger charge is -2.29. The first-order valence-electron chi connectivity index (χ1n) is 15.4. The lowest BCUT2D eigenvalue weighted by Crippen LogP contribution is -2.16. The van der Waals surface area contributed by atoms with Gasteiger partial charge in [-0.05, 0) is 68.8 Å². The van der Waals surface area contributed by atoms with E-state index in [0.29, 0.717) is 0 Å². The van der Waals surface area contributed by atoms with E-state index < -0.39 is 0 Å². The average Bonchev–Trinajstić information content (AvgIpc) is 3.50. The maximum absolute atomic E-state index is 6.44. The Kier molecular flexibility index (Phi) is 5.76. The monoisotopic (exact) mass is 575 g/mol. The van der Waals surface area contributed by atoms with Crippen LogP contribution >= 0.6 is 0 Å². The van der Waals surface area contributed by atoms with Crippen LogP contribution in [0.25, 0.3) is 59.8 Å². The number of hydrogen-bond donors (Lipinski definition) is 0. The van der Waals surface area contributed by atoms with Gasteiger partial charge in [0.15, 0.2) is 0 Å². The Morgan fingerprint density at radius 2 is 1.24 bits per heavy atom. The predicted octanol–water partition coefficient (Wildman–Crippen LogP) is 11.9. The summed E-state index contributed by atoms with van der Waals surface area (Å²) in [4.78, 5) is 2.34. The van der Waals surface area contributed by atoms with Crippen LogP contribution in [0.1, 0.15) is 11.1 Å². The molecule has 0 aliphatic carbocycles. The maximum Gasteiger partial charge on any atom is 0.143 e. The van der Waals surface area contributed by atoms with Gasteiger partial charge in [0.05, 0.1) is 5.69 Å². The summed E-state index contributed by atoms with van der Waals surface area (Å²) in [6.07, 6.45) is 7.43. The molecule has 1 aliphatic rings. The highest BCUT2D eigenvalue weighted by Crippen LogP contribution is 2.43. The van der Waals surface area contributed by atoms with Gasteiger partial charge in [-0.25, -0.2) is 0 Å². The van der Waals surface area contributed by atoms with E-state index in [1.54, 1.807) is 0 Å². The Labute approximate surface area is 261 Å². The Morgan fingerprint density at radius 1 is 0.533 bits per heavy atom. The number of nitrogens with zero attached hydrogens (tertiary/aromatic N) is 1. The molecule has 0 atom stereocenters. The molecular weight excluding hydrogens is 546 g/mol. The number of anilines is 2. The van der Waals surface area contributed by atoms with Gasteiger partial charge in [0, 0.05) is 33.1 Å². The van der Waals surface area contributed by atoms with Crippen LogP contribution in [0.2, 0.25) is 0 Å². The number of para-hydroxylation sites is 3. The fraction of sp³-hybridized carbons (Fsp3) is 0.0233. The van der Waals surface area contributed by atoms with Crippen molar-refractivity contribution in [3.05, 3.63) is 175 Å². The summed E-state index contributed by atoms with van der Waals surface area (Å²) in [5.41, 5.74) is 8.42. The molecule has 0 amide bonds. The molecule has 0 unspecified atom stereocenters. The lowest BCUT2D eigenvalue weighted by atomic mass is 9.95. The number of fused-ring (bicyclic) bond motifs is 9. The molecule has 0 N–H and O–H groups in total. The highest BCUT2D eigenvalue weighted by Gasteiger charge is 2.21. The molecule has 8 aromatic rings. The predicted molar refractivity (Wildman–Crippen MR) is 191 cm³/mol. The molecule has 9 rings (SSSR count). The number of furan rings is 1. The number of allylic oxidation sites excluding steroid dienone is 4. The normalized spacial score (nSPS) is 15.6. The molecule has 1 aromatic heterocycles. The second kappa shape index (κ2) is 10.1. The molecule has 7 aromatic carbocycles. The third kappa shape index (κ3) is 4.03. The Hall–Kier alpha value is -5.86. The summed E-state index contributed by atoms with van der Waals surface area (Å²) in [6.45, 7) is 4.68. The van der Waals surface area contributed by atoms with Crippen LogP contribution in [-0.2, 0) is 6.42 Å². The molecule has 212 valence electrons. The van der Waals surface area contributed by atoms with Gasteiger partial charge < -0.3 is 9.32 Å². The van der Waals surface area contributed by atoms with Crippen molar-refractivity contribution in [3.63, 3.8) is 0 Å². The molecular formula is C43H29NO. The van der Waals surface area contributed by atoms with Crippen molar-refractivity contribution < 1.29 is 4.42 Å². The van der Waals surface area contributed by atoms with Gasteiger partial charge in [-0.1, -0.05) is 134 Å². The summed E-state index contributed by atoms with van der Waals surface area (Å²) >= 11 is 0. The third-order valence-electron chi connectivity index (χ3n) is 9.22. The van der Waals surface area contributed by atoms with Gasteiger partial charge in [-0.2, -0.15) is 0 Å². The van der Waals surface area contributed by atoms with Gasteiger partial charge in [-0.3, -0.25) is 0 Å². The Balaban J connectivity index is 1.27. The Morgan fingerprint density at radius 3 is 2.16 bits per heavy atom. The molecule has 0 spiro atoms. The van der Waals surface area contributed by atoms with Crippen molar-refractivity contribution >= 4 is 71.2 Å².